The Kier molecular flexibility index (Phi) is 6.56. The van der Waals surface area contributed by atoms with Gasteiger partial charge in [-0.15, -0.1) is 11.3 Å². The number of halogens is 4. The van der Waals surface area contributed by atoms with Gasteiger partial charge in [-0.2, -0.15) is 13.2 Å². The fraction of sp³-hybridized carbons (Fsp3) is 0.211. The second-order valence-electron chi connectivity index (χ2n) is 6.44. The van der Waals surface area contributed by atoms with Crippen molar-refractivity contribution in [3.05, 3.63) is 62.5 Å². The Hall–Kier alpha value is -3.05. The minimum atomic E-state index is -4.52. The largest absolute Gasteiger partial charge is 0.416 e. The van der Waals surface area contributed by atoms with Crippen molar-refractivity contribution in [2.24, 2.45) is 0 Å². The molecule has 162 valence electrons. The second-order valence-corrected chi connectivity index (χ2v) is 7.94. The third-order valence-electron chi connectivity index (χ3n) is 4.22. The van der Waals surface area contributed by atoms with Gasteiger partial charge < -0.3 is 11.1 Å². The summed E-state index contributed by atoms with van der Waals surface area (Å²) in [5, 5.41) is 2.90. The van der Waals surface area contributed by atoms with Gasteiger partial charge in [-0.25, -0.2) is 15.0 Å². The smallest absolute Gasteiger partial charge is 0.382 e. The summed E-state index contributed by atoms with van der Waals surface area (Å²) in [5.74, 6) is -0.962. The van der Waals surface area contributed by atoms with Crippen LogP contribution in [0.2, 0.25) is 5.02 Å². The van der Waals surface area contributed by atoms with Crippen molar-refractivity contribution in [3.8, 4) is 0 Å². The third-order valence-corrected chi connectivity index (χ3v) is 5.65. The number of carbonyl (C=O) groups is 2. The topological polar surface area (TPSA) is 111 Å². The summed E-state index contributed by atoms with van der Waals surface area (Å²) in [7, 11) is 0. The van der Waals surface area contributed by atoms with Crippen LogP contribution in [0.1, 0.15) is 42.7 Å². The average Bonchev–Trinajstić information content (AvgIpc) is 3.18. The van der Waals surface area contributed by atoms with Gasteiger partial charge >= 0.3 is 6.18 Å². The van der Waals surface area contributed by atoms with Crippen LogP contribution in [0.3, 0.4) is 0 Å². The molecule has 0 aliphatic carbocycles. The monoisotopic (exact) mass is 469 g/mol. The first-order valence-electron chi connectivity index (χ1n) is 8.79. The number of hydrogen-bond donors (Lipinski definition) is 2. The molecular weight excluding hydrogens is 455 g/mol. The number of aryl methyl sites for hydroxylation is 2. The minimum Gasteiger partial charge on any atom is -0.382 e. The summed E-state index contributed by atoms with van der Waals surface area (Å²) in [6.45, 7) is 1.34. The van der Waals surface area contributed by atoms with Crippen LogP contribution in [0.15, 0.2) is 30.7 Å². The summed E-state index contributed by atoms with van der Waals surface area (Å²) < 4.78 is 39.1. The predicted octanol–water partition coefficient (Wildman–Crippen LogP) is 4.56. The van der Waals surface area contributed by atoms with Gasteiger partial charge in [-0.1, -0.05) is 17.7 Å². The van der Waals surface area contributed by atoms with Crippen molar-refractivity contribution in [2.75, 3.05) is 11.1 Å². The Morgan fingerprint density at radius 1 is 1.23 bits per heavy atom. The Morgan fingerprint density at radius 3 is 2.68 bits per heavy atom. The molecule has 0 radical (unpaired) electrons. The average molecular weight is 470 g/mol. The van der Waals surface area contributed by atoms with Gasteiger partial charge in [0.15, 0.2) is 5.78 Å². The Labute approximate surface area is 183 Å². The van der Waals surface area contributed by atoms with Gasteiger partial charge in [-0.05, 0) is 24.6 Å². The van der Waals surface area contributed by atoms with Crippen molar-refractivity contribution in [3.63, 3.8) is 0 Å². The third kappa shape index (κ3) is 5.36. The van der Waals surface area contributed by atoms with E-state index in [2.05, 4.69) is 20.3 Å². The molecule has 12 heteroatoms. The molecule has 2 heterocycles. The van der Waals surface area contributed by atoms with Crippen LogP contribution < -0.4 is 11.1 Å². The zero-order chi connectivity index (χ0) is 22.8. The number of Topliss-reactive ketones (excluding diaryl/α,β-unsaturated/α-hetero) is 1. The molecule has 2 aromatic heterocycles. The number of nitrogens with one attached hydrogen (secondary N) is 1. The number of anilines is 2. The normalized spacial score (nSPS) is 11.4. The summed E-state index contributed by atoms with van der Waals surface area (Å²) in [5.41, 5.74) is 4.81. The second kappa shape index (κ2) is 8.98. The van der Waals surface area contributed by atoms with E-state index in [1.165, 1.54) is 25.3 Å². The fourth-order valence-electron chi connectivity index (χ4n) is 2.65. The molecule has 0 fully saturated rings. The van der Waals surface area contributed by atoms with Crippen LogP contribution in [0.25, 0.3) is 0 Å². The number of rotatable bonds is 6. The fourth-order valence-corrected chi connectivity index (χ4v) is 3.66. The lowest BCUT2D eigenvalue weighted by molar-refractivity contribution is -0.138. The predicted molar refractivity (Wildman–Crippen MR) is 110 cm³/mol. The molecule has 0 spiro atoms. The van der Waals surface area contributed by atoms with E-state index in [9.17, 15) is 22.8 Å². The number of thiazole rings is 1. The van der Waals surface area contributed by atoms with E-state index in [0.717, 1.165) is 23.7 Å². The highest BCUT2D eigenvalue weighted by Gasteiger charge is 2.32. The lowest BCUT2D eigenvalue weighted by Crippen LogP contribution is -2.13. The number of amides is 1. The van der Waals surface area contributed by atoms with Gasteiger partial charge in [0, 0.05) is 18.5 Å². The molecule has 31 heavy (non-hydrogen) atoms. The molecule has 1 amide bonds. The maximum Gasteiger partial charge on any atom is 0.416 e. The Morgan fingerprint density at radius 2 is 1.97 bits per heavy atom. The maximum atomic E-state index is 13.0. The molecule has 7 nitrogen and oxygen atoms in total. The first-order valence-corrected chi connectivity index (χ1v) is 9.98. The Balaban J connectivity index is 1.65. The first kappa shape index (κ1) is 22.6. The molecule has 0 saturated carbocycles. The van der Waals surface area contributed by atoms with E-state index in [4.69, 9.17) is 17.3 Å². The highest BCUT2D eigenvalue weighted by Crippen LogP contribution is 2.33. The molecule has 0 aliphatic heterocycles. The number of benzene rings is 1. The summed E-state index contributed by atoms with van der Waals surface area (Å²) in [6, 6.07) is 3.55. The molecule has 0 bridgehead atoms. The van der Waals surface area contributed by atoms with Gasteiger partial charge in [-0.3, -0.25) is 9.59 Å². The molecule has 0 aliphatic rings. The molecule has 3 N–H and O–H groups in total. The summed E-state index contributed by atoms with van der Waals surface area (Å²) in [4.78, 5) is 36.5. The van der Waals surface area contributed by atoms with Crippen LogP contribution in [-0.4, -0.2) is 26.6 Å². The van der Waals surface area contributed by atoms with Crippen LogP contribution in [-0.2, 0) is 12.6 Å². The molecule has 3 rings (SSSR count). The van der Waals surface area contributed by atoms with Crippen molar-refractivity contribution in [2.45, 2.75) is 25.9 Å². The lowest BCUT2D eigenvalue weighted by Gasteiger charge is -2.12. The molecule has 0 saturated heterocycles. The SMILES string of the molecule is Cc1ccc(NC(=O)c2cnc(CCC(=O)c3ncnc(N)c3Cl)s2)cc1C(F)(F)F. The maximum absolute atomic E-state index is 13.0. The number of nitrogen functional groups attached to an aromatic ring is 1. The van der Waals surface area contributed by atoms with Gasteiger partial charge in [0.1, 0.15) is 27.7 Å². The van der Waals surface area contributed by atoms with E-state index in [-0.39, 0.29) is 51.3 Å². The van der Waals surface area contributed by atoms with E-state index in [0.29, 0.717) is 5.01 Å². The van der Waals surface area contributed by atoms with Gasteiger partial charge in [0.05, 0.1) is 16.8 Å². The van der Waals surface area contributed by atoms with Crippen LogP contribution in [0.4, 0.5) is 24.7 Å². The quantitative estimate of drug-likeness (QED) is 0.512. The van der Waals surface area contributed by atoms with Gasteiger partial charge in [0.2, 0.25) is 0 Å². The van der Waals surface area contributed by atoms with Crippen LogP contribution in [0, 0.1) is 6.92 Å². The van der Waals surface area contributed by atoms with Crippen LogP contribution >= 0.6 is 22.9 Å². The van der Waals surface area contributed by atoms with E-state index in [1.807, 2.05) is 0 Å². The highest BCUT2D eigenvalue weighted by molar-refractivity contribution is 7.13. The number of carbonyl (C=O) groups excluding carboxylic acids is 2. The molecule has 0 unspecified atom stereocenters. The number of alkyl halides is 3. The molecular formula is C19H15ClF3N5O2S. The van der Waals surface area contributed by atoms with Crippen molar-refractivity contribution in [1.29, 1.82) is 0 Å². The van der Waals surface area contributed by atoms with Crippen LogP contribution in [0.5, 0.6) is 0 Å². The van der Waals surface area contributed by atoms with E-state index < -0.39 is 17.6 Å². The highest BCUT2D eigenvalue weighted by atomic mass is 35.5. The zero-order valence-corrected chi connectivity index (χ0v) is 17.5. The Bertz CT molecular complexity index is 1150. The number of nitrogens with two attached hydrogens (primary N) is 1. The number of ketones is 1. The summed E-state index contributed by atoms with van der Waals surface area (Å²) in [6.07, 6.45) is -1.84. The summed E-state index contributed by atoms with van der Waals surface area (Å²) >= 11 is 6.96. The lowest BCUT2D eigenvalue weighted by atomic mass is 10.1. The number of aromatic nitrogens is 3. The van der Waals surface area contributed by atoms with E-state index in [1.54, 1.807) is 0 Å². The molecule has 0 atom stereocenters. The standard InChI is InChI=1S/C19H15ClF3N5O2S/c1-9-2-3-10(6-11(9)19(21,22)23)28-18(30)13-7-25-14(31-13)5-4-12(29)16-15(20)17(24)27-8-26-16/h2-3,6-8H,4-5H2,1H3,(H,28,30)(H2,24,26,27). The molecule has 3 aromatic rings. The minimum absolute atomic E-state index is 0.00184. The molecule has 1 aromatic carbocycles. The number of nitrogens with zero attached hydrogens (tertiary/aromatic N) is 3. The number of hydrogen-bond acceptors (Lipinski definition) is 7. The van der Waals surface area contributed by atoms with Crippen molar-refractivity contribution >= 4 is 46.1 Å². The zero-order valence-electron chi connectivity index (χ0n) is 16.0. The van der Waals surface area contributed by atoms with E-state index >= 15 is 0 Å². The first-order chi connectivity index (χ1) is 14.6. The van der Waals surface area contributed by atoms with Crippen molar-refractivity contribution in [1.82, 2.24) is 15.0 Å². The van der Waals surface area contributed by atoms with Gasteiger partial charge in [0.25, 0.3) is 5.91 Å². The van der Waals surface area contributed by atoms with Crippen molar-refractivity contribution < 1.29 is 22.8 Å².